The molecule has 6 nitrogen and oxygen atoms in total. The van der Waals surface area contributed by atoms with Crippen LogP contribution in [0.3, 0.4) is 0 Å². The van der Waals surface area contributed by atoms with Crippen LogP contribution in [0.15, 0.2) is 85.1 Å². The standard InChI is InChI=1S/C34H35N5O/c1-33(2,3)24-15-11-22(12-16-24)30-31(23-13-17-25(18-14-23)34(4,5)6)38-39-32(37-30)29-21-26(40-7)20-28(36-29)27-10-8-9-19-35-27/h8-21H,1-7H3. The minimum Gasteiger partial charge on any atom is -0.497 e. The number of benzene rings is 2. The number of hydrogen-bond donors (Lipinski definition) is 0. The van der Waals surface area contributed by atoms with Crippen molar-refractivity contribution in [3.05, 3.63) is 96.2 Å². The van der Waals surface area contributed by atoms with Gasteiger partial charge in [-0.3, -0.25) is 4.98 Å². The van der Waals surface area contributed by atoms with Gasteiger partial charge in [0.2, 0.25) is 5.82 Å². The molecule has 5 aromatic rings. The number of rotatable bonds is 5. The van der Waals surface area contributed by atoms with Gasteiger partial charge in [0.05, 0.1) is 18.5 Å². The molecule has 3 heterocycles. The molecule has 0 N–H and O–H groups in total. The van der Waals surface area contributed by atoms with Crippen LogP contribution >= 0.6 is 0 Å². The van der Waals surface area contributed by atoms with Crippen molar-refractivity contribution in [3.63, 3.8) is 0 Å². The Morgan fingerprint density at radius 2 is 1.15 bits per heavy atom. The lowest BCUT2D eigenvalue weighted by molar-refractivity contribution is 0.414. The predicted octanol–water partition coefficient (Wildman–Crippen LogP) is 7.93. The maximum atomic E-state index is 5.59. The van der Waals surface area contributed by atoms with Gasteiger partial charge in [0.15, 0.2) is 0 Å². The molecule has 0 aliphatic heterocycles. The van der Waals surface area contributed by atoms with Crippen LogP contribution in [0.5, 0.6) is 5.75 Å². The molecule has 0 radical (unpaired) electrons. The molecule has 0 spiro atoms. The summed E-state index contributed by atoms with van der Waals surface area (Å²) in [4.78, 5) is 14.3. The number of ether oxygens (including phenoxy) is 1. The first-order valence-electron chi connectivity index (χ1n) is 13.5. The molecule has 40 heavy (non-hydrogen) atoms. The Labute approximate surface area is 236 Å². The molecule has 0 fully saturated rings. The van der Waals surface area contributed by atoms with Crippen molar-refractivity contribution in [2.24, 2.45) is 0 Å². The molecule has 0 atom stereocenters. The first-order chi connectivity index (χ1) is 19.0. The molecule has 2 aromatic carbocycles. The van der Waals surface area contributed by atoms with Gasteiger partial charge in [-0.15, -0.1) is 10.2 Å². The van der Waals surface area contributed by atoms with Crippen molar-refractivity contribution < 1.29 is 4.74 Å². The molecular formula is C34H35N5O. The summed E-state index contributed by atoms with van der Waals surface area (Å²) >= 11 is 0. The Morgan fingerprint density at radius 3 is 1.68 bits per heavy atom. The van der Waals surface area contributed by atoms with E-state index in [0.29, 0.717) is 23.0 Å². The lowest BCUT2D eigenvalue weighted by Crippen LogP contribution is -2.11. The zero-order chi connectivity index (χ0) is 28.5. The zero-order valence-corrected chi connectivity index (χ0v) is 24.2. The molecule has 5 rings (SSSR count). The Hall–Kier alpha value is -4.45. The van der Waals surface area contributed by atoms with Crippen LogP contribution in [0.25, 0.3) is 45.4 Å². The minimum atomic E-state index is 0.0472. The molecule has 0 saturated carbocycles. The van der Waals surface area contributed by atoms with E-state index in [2.05, 4.69) is 100 Å². The SMILES string of the molecule is COc1cc(-c2ccccn2)nc(-c2nnc(-c3ccc(C(C)(C)C)cc3)c(-c3ccc(C(C)(C)C)cc3)n2)c1. The van der Waals surface area contributed by atoms with Crippen LogP contribution in [-0.2, 0) is 10.8 Å². The second kappa shape index (κ2) is 10.6. The van der Waals surface area contributed by atoms with Crippen molar-refractivity contribution in [1.29, 1.82) is 0 Å². The first kappa shape index (κ1) is 27.1. The second-order valence-corrected chi connectivity index (χ2v) is 12.0. The maximum absolute atomic E-state index is 5.59. The zero-order valence-electron chi connectivity index (χ0n) is 24.2. The average molecular weight is 530 g/mol. The van der Waals surface area contributed by atoms with Gasteiger partial charge in [-0.05, 0) is 34.1 Å². The van der Waals surface area contributed by atoms with Gasteiger partial charge < -0.3 is 4.74 Å². The molecule has 0 unspecified atom stereocenters. The first-order valence-corrected chi connectivity index (χ1v) is 13.5. The van der Waals surface area contributed by atoms with Crippen molar-refractivity contribution in [2.45, 2.75) is 52.4 Å². The molecule has 0 saturated heterocycles. The Balaban J connectivity index is 1.66. The summed E-state index contributed by atoms with van der Waals surface area (Å²) < 4.78 is 5.59. The van der Waals surface area contributed by atoms with Gasteiger partial charge >= 0.3 is 0 Å². The van der Waals surface area contributed by atoms with Crippen LogP contribution in [-0.4, -0.2) is 32.3 Å². The summed E-state index contributed by atoms with van der Waals surface area (Å²) in [5, 5.41) is 9.26. The Morgan fingerprint density at radius 1 is 0.575 bits per heavy atom. The number of methoxy groups -OCH3 is 1. The fourth-order valence-electron chi connectivity index (χ4n) is 4.47. The number of nitrogens with zero attached hydrogens (tertiary/aromatic N) is 5. The maximum Gasteiger partial charge on any atom is 0.201 e. The smallest absolute Gasteiger partial charge is 0.201 e. The van der Waals surface area contributed by atoms with Crippen molar-refractivity contribution in [2.75, 3.05) is 7.11 Å². The van der Waals surface area contributed by atoms with E-state index in [1.807, 2.05) is 30.3 Å². The summed E-state index contributed by atoms with van der Waals surface area (Å²) in [5.74, 6) is 1.06. The molecule has 0 amide bonds. The highest BCUT2D eigenvalue weighted by atomic mass is 16.5. The van der Waals surface area contributed by atoms with Crippen LogP contribution in [0.2, 0.25) is 0 Å². The molecule has 0 bridgehead atoms. The van der Waals surface area contributed by atoms with E-state index < -0.39 is 0 Å². The predicted molar refractivity (Wildman–Crippen MR) is 161 cm³/mol. The van der Waals surface area contributed by atoms with E-state index in [4.69, 9.17) is 19.8 Å². The van der Waals surface area contributed by atoms with E-state index in [1.165, 1.54) is 11.1 Å². The van der Waals surface area contributed by atoms with Crippen LogP contribution in [0.1, 0.15) is 52.7 Å². The number of hydrogen-bond acceptors (Lipinski definition) is 6. The topological polar surface area (TPSA) is 73.7 Å². The summed E-state index contributed by atoms with van der Waals surface area (Å²) in [7, 11) is 1.63. The molecule has 0 aliphatic carbocycles. The lowest BCUT2D eigenvalue weighted by Gasteiger charge is -2.20. The van der Waals surface area contributed by atoms with Crippen molar-refractivity contribution in [3.8, 4) is 51.2 Å². The van der Waals surface area contributed by atoms with E-state index in [-0.39, 0.29) is 10.8 Å². The second-order valence-electron chi connectivity index (χ2n) is 12.0. The minimum absolute atomic E-state index is 0.0472. The Bertz CT molecular complexity index is 1620. The van der Waals surface area contributed by atoms with Gasteiger partial charge in [-0.25, -0.2) is 9.97 Å². The van der Waals surface area contributed by atoms with Gasteiger partial charge in [-0.1, -0.05) is 96.1 Å². The van der Waals surface area contributed by atoms with Gasteiger partial charge in [0.1, 0.15) is 22.8 Å². The fraction of sp³-hybridized carbons (Fsp3) is 0.265. The average Bonchev–Trinajstić information content (AvgIpc) is 2.96. The molecular weight excluding hydrogens is 494 g/mol. The summed E-state index contributed by atoms with van der Waals surface area (Å²) in [6.07, 6.45) is 1.74. The van der Waals surface area contributed by atoms with Crippen LogP contribution in [0.4, 0.5) is 0 Å². The third-order valence-corrected chi connectivity index (χ3v) is 6.93. The normalized spacial score (nSPS) is 11.9. The highest BCUT2D eigenvalue weighted by molar-refractivity contribution is 5.79. The van der Waals surface area contributed by atoms with Crippen LogP contribution in [0, 0.1) is 0 Å². The third-order valence-electron chi connectivity index (χ3n) is 6.93. The quantitative estimate of drug-likeness (QED) is 0.230. The van der Waals surface area contributed by atoms with Gasteiger partial charge in [-0.2, -0.15) is 0 Å². The fourth-order valence-corrected chi connectivity index (χ4v) is 4.47. The lowest BCUT2D eigenvalue weighted by atomic mass is 9.86. The van der Waals surface area contributed by atoms with Gasteiger partial charge in [0.25, 0.3) is 0 Å². The highest BCUT2D eigenvalue weighted by Crippen LogP contribution is 2.34. The molecule has 0 aliphatic rings. The molecule has 3 aromatic heterocycles. The highest BCUT2D eigenvalue weighted by Gasteiger charge is 2.20. The van der Waals surface area contributed by atoms with E-state index in [0.717, 1.165) is 28.2 Å². The monoisotopic (exact) mass is 529 g/mol. The Kier molecular flexibility index (Phi) is 7.19. The summed E-state index contributed by atoms with van der Waals surface area (Å²) in [6, 6.07) is 26.5. The van der Waals surface area contributed by atoms with Crippen molar-refractivity contribution in [1.82, 2.24) is 25.1 Å². The van der Waals surface area contributed by atoms with E-state index >= 15 is 0 Å². The summed E-state index contributed by atoms with van der Waals surface area (Å²) in [6.45, 7) is 13.3. The third kappa shape index (κ3) is 5.76. The number of aromatic nitrogens is 5. The van der Waals surface area contributed by atoms with Gasteiger partial charge in [0, 0.05) is 29.5 Å². The molecule has 6 heteroatoms. The largest absolute Gasteiger partial charge is 0.497 e. The molecule has 202 valence electrons. The van der Waals surface area contributed by atoms with E-state index in [9.17, 15) is 0 Å². The number of pyridine rings is 2. The van der Waals surface area contributed by atoms with E-state index in [1.54, 1.807) is 13.3 Å². The van der Waals surface area contributed by atoms with Crippen molar-refractivity contribution >= 4 is 0 Å². The summed E-state index contributed by atoms with van der Waals surface area (Å²) in [5.41, 5.74) is 7.99. The van der Waals surface area contributed by atoms with Crippen LogP contribution < -0.4 is 4.74 Å².